The molecular weight excluding hydrogens is 180 g/mol. The summed E-state index contributed by atoms with van der Waals surface area (Å²) >= 11 is 0. The van der Waals surface area contributed by atoms with Crippen LogP contribution in [0.2, 0.25) is 0 Å². The van der Waals surface area contributed by atoms with E-state index in [9.17, 15) is 5.11 Å². The molecule has 1 aliphatic rings. The van der Waals surface area contributed by atoms with E-state index in [-0.39, 0.29) is 12.2 Å². The van der Waals surface area contributed by atoms with Gasteiger partial charge >= 0.3 is 0 Å². The van der Waals surface area contributed by atoms with Gasteiger partial charge in [-0.1, -0.05) is 26.2 Å². The van der Waals surface area contributed by atoms with Crippen LogP contribution in [-0.4, -0.2) is 29.7 Å². The Morgan fingerprint density at radius 1 is 1.43 bits per heavy atom. The van der Waals surface area contributed by atoms with Gasteiger partial charge in [0.15, 0.2) is 5.79 Å². The molecule has 0 amide bonds. The molecule has 1 heterocycles. The number of rotatable bonds is 5. The standard InChI is InChI=1S/C11H22O3/c1-4-5-6-7-9(12)10-8-13-11(2,3)14-10/h9-10,12H,4-8H2,1-3H3/t9-,10+/m0/s1. The number of hydrogen-bond acceptors (Lipinski definition) is 3. The van der Waals surface area contributed by atoms with Crippen LogP contribution >= 0.6 is 0 Å². The molecule has 0 bridgehead atoms. The second-order valence-corrected chi connectivity index (χ2v) is 4.43. The fraction of sp³-hybridized carbons (Fsp3) is 1.00. The lowest BCUT2D eigenvalue weighted by Gasteiger charge is -2.20. The lowest BCUT2D eigenvalue weighted by atomic mass is 10.1. The zero-order valence-corrected chi connectivity index (χ0v) is 9.45. The highest BCUT2D eigenvalue weighted by atomic mass is 16.7. The first-order chi connectivity index (χ1) is 6.55. The zero-order valence-electron chi connectivity index (χ0n) is 9.45. The van der Waals surface area contributed by atoms with Crippen molar-refractivity contribution in [2.75, 3.05) is 6.61 Å². The molecule has 0 aromatic rings. The summed E-state index contributed by atoms with van der Waals surface area (Å²) in [7, 11) is 0. The highest BCUT2D eigenvalue weighted by Gasteiger charge is 2.36. The Morgan fingerprint density at radius 2 is 2.14 bits per heavy atom. The summed E-state index contributed by atoms with van der Waals surface area (Å²) in [6.45, 7) is 6.43. The van der Waals surface area contributed by atoms with Crippen molar-refractivity contribution in [3.8, 4) is 0 Å². The summed E-state index contributed by atoms with van der Waals surface area (Å²) in [5.41, 5.74) is 0. The molecule has 0 unspecified atom stereocenters. The van der Waals surface area contributed by atoms with Crippen LogP contribution in [0.5, 0.6) is 0 Å². The molecule has 2 atom stereocenters. The molecule has 0 aromatic heterocycles. The first-order valence-electron chi connectivity index (χ1n) is 5.55. The summed E-state index contributed by atoms with van der Waals surface area (Å²) in [5.74, 6) is -0.517. The van der Waals surface area contributed by atoms with Crippen molar-refractivity contribution in [2.24, 2.45) is 0 Å². The van der Waals surface area contributed by atoms with E-state index in [2.05, 4.69) is 6.92 Å². The number of aliphatic hydroxyl groups excluding tert-OH is 1. The normalized spacial score (nSPS) is 27.9. The highest BCUT2D eigenvalue weighted by molar-refractivity contribution is 4.77. The molecule has 0 aromatic carbocycles. The maximum Gasteiger partial charge on any atom is 0.163 e. The van der Waals surface area contributed by atoms with E-state index in [0.29, 0.717) is 6.61 Å². The van der Waals surface area contributed by atoms with E-state index in [1.54, 1.807) is 0 Å². The number of hydrogen-bond donors (Lipinski definition) is 1. The summed E-state index contributed by atoms with van der Waals surface area (Å²) in [6.07, 6.45) is 3.73. The topological polar surface area (TPSA) is 38.7 Å². The molecule has 1 saturated heterocycles. The second-order valence-electron chi connectivity index (χ2n) is 4.43. The summed E-state index contributed by atoms with van der Waals surface area (Å²) in [4.78, 5) is 0. The maximum absolute atomic E-state index is 9.80. The monoisotopic (exact) mass is 202 g/mol. The van der Waals surface area contributed by atoms with E-state index < -0.39 is 5.79 Å². The minimum absolute atomic E-state index is 0.137. The van der Waals surface area contributed by atoms with Gasteiger partial charge in [-0.3, -0.25) is 0 Å². The summed E-state index contributed by atoms with van der Waals surface area (Å²) in [5, 5.41) is 9.80. The van der Waals surface area contributed by atoms with Crippen molar-refractivity contribution in [3.05, 3.63) is 0 Å². The Morgan fingerprint density at radius 3 is 2.64 bits per heavy atom. The van der Waals surface area contributed by atoms with Crippen molar-refractivity contribution >= 4 is 0 Å². The lowest BCUT2D eigenvalue weighted by molar-refractivity contribution is -0.151. The Hall–Kier alpha value is -0.120. The molecule has 1 aliphatic heterocycles. The molecule has 0 aliphatic carbocycles. The van der Waals surface area contributed by atoms with Gasteiger partial charge in [0, 0.05) is 0 Å². The predicted molar refractivity (Wildman–Crippen MR) is 55.1 cm³/mol. The van der Waals surface area contributed by atoms with Gasteiger partial charge in [-0.15, -0.1) is 0 Å². The number of aliphatic hydroxyl groups is 1. The van der Waals surface area contributed by atoms with Crippen LogP contribution in [0.3, 0.4) is 0 Å². The van der Waals surface area contributed by atoms with Crippen molar-refractivity contribution in [2.45, 2.75) is 64.4 Å². The van der Waals surface area contributed by atoms with Crippen LogP contribution in [0, 0.1) is 0 Å². The first kappa shape index (κ1) is 12.0. The van der Waals surface area contributed by atoms with Crippen molar-refractivity contribution in [3.63, 3.8) is 0 Å². The van der Waals surface area contributed by atoms with E-state index in [1.807, 2.05) is 13.8 Å². The summed E-state index contributed by atoms with van der Waals surface area (Å²) < 4.78 is 11.0. The molecule has 1 N–H and O–H groups in total. The number of ether oxygens (including phenoxy) is 2. The van der Waals surface area contributed by atoms with E-state index in [1.165, 1.54) is 12.8 Å². The quantitative estimate of drug-likeness (QED) is 0.694. The van der Waals surface area contributed by atoms with Gasteiger partial charge in [0.05, 0.1) is 12.7 Å². The Labute approximate surface area is 86.4 Å². The molecule has 84 valence electrons. The Kier molecular flexibility index (Phi) is 4.35. The Balaban J connectivity index is 2.22. The smallest absolute Gasteiger partial charge is 0.163 e. The third-order valence-corrected chi connectivity index (χ3v) is 2.56. The van der Waals surface area contributed by atoms with Crippen LogP contribution in [0.25, 0.3) is 0 Å². The van der Waals surface area contributed by atoms with Crippen molar-refractivity contribution in [1.29, 1.82) is 0 Å². The van der Waals surface area contributed by atoms with Gasteiger partial charge in [0.1, 0.15) is 6.10 Å². The minimum Gasteiger partial charge on any atom is -0.390 e. The molecule has 0 saturated carbocycles. The second kappa shape index (κ2) is 5.10. The van der Waals surface area contributed by atoms with Gasteiger partial charge in [0.25, 0.3) is 0 Å². The average molecular weight is 202 g/mol. The SMILES string of the molecule is CCCCC[C@H](O)[C@H]1COC(C)(C)O1. The molecule has 3 nitrogen and oxygen atoms in total. The molecule has 1 fully saturated rings. The molecule has 1 rings (SSSR count). The largest absolute Gasteiger partial charge is 0.390 e. The molecule has 3 heteroatoms. The van der Waals surface area contributed by atoms with Gasteiger partial charge in [-0.2, -0.15) is 0 Å². The van der Waals surface area contributed by atoms with Crippen LogP contribution in [0.4, 0.5) is 0 Å². The van der Waals surface area contributed by atoms with Crippen molar-refractivity contribution in [1.82, 2.24) is 0 Å². The predicted octanol–water partition coefficient (Wildman–Crippen LogP) is 2.08. The maximum atomic E-state index is 9.80. The minimum atomic E-state index is -0.517. The molecule has 0 spiro atoms. The van der Waals surface area contributed by atoms with Gasteiger partial charge in [0.2, 0.25) is 0 Å². The number of unbranched alkanes of at least 4 members (excludes halogenated alkanes) is 2. The molecular formula is C11H22O3. The third kappa shape index (κ3) is 3.56. The van der Waals surface area contributed by atoms with Gasteiger partial charge in [-0.05, 0) is 20.3 Å². The van der Waals surface area contributed by atoms with E-state index in [0.717, 1.165) is 12.8 Å². The molecule has 14 heavy (non-hydrogen) atoms. The van der Waals surface area contributed by atoms with Crippen LogP contribution in [0.15, 0.2) is 0 Å². The fourth-order valence-corrected chi connectivity index (χ4v) is 1.69. The fourth-order valence-electron chi connectivity index (χ4n) is 1.69. The van der Waals surface area contributed by atoms with E-state index >= 15 is 0 Å². The van der Waals surface area contributed by atoms with Gasteiger partial charge < -0.3 is 14.6 Å². The Bertz CT molecular complexity index is 168. The summed E-state index contributed by atoms with van der Waals surface area (Å²) in [6, 6.07) is 0. The van der Waals surface area contributed by atoms with Gasteiger partial charge in [-0.25, -0.2) is 0 Å². The third-order valence-electron chi connectivity index (χ3n) is 2.56. The average Bonchev–Trinajstić information content (AvgIpc) is 2.46. The van der Waals surface area contributed by atoms with Crippen LogP contribution in [-0.2, 0) is 9.47 Å². The van der Waals surface area contributed by atoms with Crippen molar-refractivity contribution < 1.29 is 14.6 Å². The molecule has 0 radical (unpaired) electrons. The first-order valence-corrected chi connectivity index (χ1v) is 5.55. The lowest BCUT2D eigenvalue weighted by Crippen LogP contribution is -2.30. The van der Waals surface area contributed by atoms with E-state index in [4.69, 9.17) is 9.47 Å². The van der Waals surface area contributed by atoms with Crippen LogP contribution < -0.4 is 0 Å². The van der Waals surface area contributed by atoms with Crippen LogP contribution in [0.1, 0.15) is 46.5 Å². The zero-order chi connectivity index (χ0) is 10.6. The highest BCUT2D eigenvalue weighted by Crippen LogP contribution is 2.25.